The first kappa shape index (κ1) is 10.4. The van der Waals surface area contributed by atoms with Crippen LogP contribution in [0.2, 0.25) is 0 Å². The predicted octanol–water partition coefficient (Wildman–Crippen LogP) is 2.96. The van der Waals surface area contributed by atoms with Crippen molar-refractivity contribution in [1.82, 2.24) is 0 Å². The fraction of sp³-hybridized carbons (Fsp3) is 0.700. The van der Waals surface area contributed by atoms with E-state index < -0.39 is 0 Å². The molecule has 0 aliphatic heterocycles. The molecule has 0 saturated heterocycles. The summed E-state index contributed by atoms with van der Waals surface area (Å²) in [5, 5.41) is 0. The molecule has 0 spiro atoms. The predicted molar refractivity (Wildman–Crippen MR) is 48.5 cm³/mol. The quantitative estimate of drug-likeness (QED) is 0.449. The van der Waals surface area contributed by atoms with E-state index in [0.29, 0.717) is 0 Å². The van der Waals surface area contributed by atoms with Crippen molar-refractivity contribution in [2.24, 2.45) is 5.41 Å². The van der Waals surface area contributed by atoms with Gasteiger partial charge in [-0.3, -0.25) is 0 Å². The Bertz CT molecular complexity index is 158. The smallest absolute Gasteiger partial charge is 0.129 e. The van der Waals surface area contributed by atoms with Gasteiger partial charge < -0.3 is 4.79 Å². The van der Waals surface area contributed by atoms with E-state index >= 15 is 0 Å². The van der Waals surface area contributed by atoms with Crippen LogP contribution in [0.25, 0.3) is 0 Å². The molecule has 0 saturated carbocycles. The highest BCUT2D eigenvalue weighted by atomic mass is 16.1. The molecule has 0 N–H and O–H groups in total. The molecule has 0 aliphatic rings. The molecule has 1 unspecified atom stereocenters. The lowest BCUT2D eigenvalue weighted by Gasteiger charge is -2.16. The summed E-state index contributed by atoms with van der Waals surface area (Å²) in [6.07, 6.45) is 5.02. The van der Waals surface area contributed by atoms with Gasteiger partial charge >= 0.3 is 0 Å². The van der Waals surface area contributed by atoms with Gasteiger partial charge in [-0.05, 0) is 26.7 Å². The summed E-state index contributed by atoms with van der Waals surface area (Å²) in [5.74, 6) is 0. The molecule has 0 aliphatic carbocycles. The molecule has 1 atom stereocenters. The molecule has 0 aromatic rings. The van der Waals surface area contributed by atoms with Gasteiger partial charge in [0.1, 0.15) is 6.29 Å². The molecular formula is C10H18O. The lowest BCUT2D eigenvalue weighted by Crippen LogP contribution is -2.13. The van der Waals surface area contributed by atoms with Crippen LogP contribution in [0.1, 0.15) is 40.5 Å². The normalized spacial score (nSPS) is 17.6. The van der Waals surface area contributed by atoms with E-state index in [9.17, 15) is 4.79 Å². The molecule has 0 aromatic heterocycles. The monoisotopic (exact) mass is 154 g/mol. The van der Waals surface area contributed by atoms with Crippen molar-refractivity contribution in [2.75, 3.05) is 0 Å². The van der Waals surface area contributed by atoms with Crippen LogP contribution in [-0.4, -0.2) is 6.29 Å². The van der Waals surface area contributed by atoms with Gasteiger partial charge in [-0.15, -0.1) is 0 Å². The van der Waals surface area contributed by atoms with Crippen molar-refractivity contribution in [3.8, 4) is 0 Å². The highest BCUT2D eigenvalue weighted by Gasteiger charge is 2.17. The number of allylic oxidation sites excluding steroid dienone is 2. The van der Waals surface area contributed by atoms with Crippen molar-refractivity contribution in [1.29, 1.82) is 0 Å². The van der Waals surface area contributed by atoms with Gasteiger partial charge in [0.05, 0.1) is 0 Å². The molecule has 0 bridgehead atoms. The Morgan fingerprint density at radius 1 is 1.45 bits per heavy atom. The Hall–Kier alpha value is -0.590. The number of hydrogen-bond donors (Lipinski definition) is 0. The van der Waals surface area contributed by atoms with Gasteiger partial charge in [0, 0.05) is 5.41 Å². The zero-order valence-corrected chi connectivity index (χ0v) is 7.98. The maximum atomic E-state index is 10.7. The van der Waals surface area contributed by atoms with Crippen LogP contribution < -0.4 is 0 Å². The minimum atomic E-state index is -0.236. The summed E-state index contributed by atoms with van der Waals surface area (Å²) in [6.45, 7) is 8.18. The van der Waals surface area contributed by atoms with E-state index in [-0.39, 0.29) is 5.41 Å². The highest BCUT2D eigenvalue weighted by molar-refractivity contribution is 5.62. The Morgan fingerprint density at radius 3 is 2.27 bits per heavy atom. The minimum Gasteiger partial charge on any atom is -0.302 e. The lowest BCUT2D eigenvalue weighted by atomic mass is 9.87. The molecule has 0 fully saturated rings. The topological polar surface area (TPSA) is 17.1 Å². The van der Waals surface area contributed by atoms with Crippen molar-refractivity contribution < 1.29 is 4.79 Å². The van der Waals surface area contributed by atoms with Crippen molar-refractivity contribution >= 4 is 6.29 Å². The molecule has 11 heavy (non-hydrogen) atoms. The van der Waals surface area contributed by atoms with Crippen LogP contribution in [0, 0.1) is 5.41 Å². The molecule has 1 heteroatoms. The Morgan fingerprint density at radius 2 is 2.00 bits per heavy atom. The first-order valence-electron chi connectivity index (χ1n) is 4.22. The lowest BCUT2D eigenvalue weighted by molar-refractivity contribution is -0.113. The summed E-state index contributed by atoms with van der Waals surface area (Å²) >= 11 is 0. The minimum absolute atomic E-state index is 0.236. The molecule has 0 amide bonds. The average Bonchev–Trinajstić information content (AvgIpc) is 2.04. The second kappa shape index (κ2) is 4.32. The third kappa shape index (κ3) is 3.35. The summed E-state index contributed by atoms with van der Waals surface area (Å²) < 4.78 is 0. The maximum Gasteiger partial charge on any atom is 0.129 e. The molecular weight excluding hydrogens is 136 g/mol. The zero-order chi connectivity index (χ0) is 8.91. The fourth-order valence-electron chi connectivity index (χ4n) is 0.884. The number of carbonyl (C=O) groups excluding carboxylic acids is 1. The van der Waals surface area contributed by atoms with Crippen molar-refractivity contribution in [3.05, 3.63) is 11.6 Å². The Balaban J connectivity index is 4.40. The summed E-state index contributed by atoms with van der Waals surface area (Å²) in [5.41, 5.74) is 1.06. The van der Waals surface area contributed by atoms with E-state index in [1.807, 2.05) is 13.8 Å². The Kier molecular flexibility index (Phi) is 4.09. The molecule has 0 radical (unpaired) electrons. The van der Waals surface area contributed by atoms with Crippen LogP contribution in [0.3, 0.4) is 0 Å². The SMILES string of the molecule is CCC(C)=CC(C)(C=O)CC. The van der Waals surface area contributed by atoms with Crippen molar-refractivity contribution in [2.45, 2.75) is 40.5 Å². The number of hydrogen-bond acceptors (Lipinski definition) is 1. The van der Waals surface area contributed by atoms with Gasteiger partial charge in [0.25, 0.3) is 0 Å². The number of aldehydes is 1. The largest absolute Gasteiger partial charge is 0.302 e. The second-order valence-corrected chi connectivity index (χ2v) is 3.32. The van der Waals surface area contributed by atoms with Gasteiger partial charge in [-0.25, -0.2) is 0 Å². The summed E-state index contributed by atoms with van der Waals surface area (Å²) in [6, 6.07) is 0. The molecule has 1 nitrogen and oxygen atoms in total. The van der Waals surface area contributed by atoms with Crippen LogP contribution in [0.15, 0.2) is 11.6 Å². The van der Waals surface area contributed by atoms with Crippen LogP contribution in [0.4, 0.5) is 0 Å². The molecule has 0 aromatic carbocycles. The standard InChI is InChI=1S/C10H18O/c1-5-9(3)7-10(4,6-2)8-11/h7-8H,5-6H2,1-4H3. The van der Waals surface area contributed by atoms with E-state index in [4.69, 9.17) is 0 Å². The van der Waals surface area contributed by atoms with Crippen LogP contribution in [-0.2, 0) is 4.79 Å². The van der Waals surface area contributed by atoms with E-state index in [2.05, 4.69) is 19.9 Å². The molecule has 0 heterocycles. The second-order valence-electron chi connectivity index (χ2n) is 3.32. The van der Waals surface area contributed by atoms with Gasteiger partial charge in [0.15, 0.2) is 0 Å². The van der Waals surface area contributed by atoms with E-state index in [1.165, 1.54) is 5.57 Å². The van der Waals surface area contributed by atoms with Gasteiger partial charge in [-0.1, -0.05) is 25.5 Å². The first-order valence-corrected chi connectivity index (χ1v) is 4.22. The molecule has 0 rings (SSSR count). The zero-order valence-electron chi connectivity index (χ0n) is 7.98. The third-order valence-electron chi connectivity index (χ3n) is 2.16. The fourth-order valence-corrected chi connectivity index (χ4v) is 0.884. The average molecular weight is 154 g/mol. The summed E-state index contributed by atoms with van der Waals surface area (Å²) in [4.78, 5) is 10.7. The number of rotatable bonds is 4. The summed E-state index contributed by atoms with van der Waals surface area (Å²) in [7, 11) is 0. The van der Waals surface area contributed by atoms with Gasteiger partial charge in [0.2, 0.25) is 0 Å². The van der Waals surface area contributed by atoms with Crippen LogP contribution in [0.5, 0.6) is 0 Å². The maximum absolute atomic E-state index is 10.7. The van der Waals surface area contributed by atoms with E-state index in [0.717, 1.165) is 19.1 Å². The third-order valence-corrected chi connectivity index (χ3v) is 2.16. The van der Waals surface area contributed by atoms with Gasteiger partial charge in [-0.2, -0.15) is 0 Å². The van der Waals surface area contributed by atoms with E-state index in [1.54, 1.807) is 0 Å². The molecule has 64 valence electrons. The highest BCUT2D eigenvalue weighted by Crippen LogP contribution is 2.22. The Labute approximate surface area is 69.5 Å². The van der Waals surface area contributed by atoms with Crippen molar-refractivity contribution in [3.63, 3.8) is 0 Å². The first-order chi connectivity index (χ1) is 5.08. The number of carbonyl (C=O) groups is 1. The van der Waals surface area contributed by atoms with Crippen LogP contribution >= 0.6 is 0 Å².